The number of nitrogens with zero attached hydrogens (tertiary/aromatic N) is 1. The number of imidazole rings is 1. The molecule has 0 spiro atoms. The van der Waals surface area contributed by atoms with E-state index in [0.29, 0.717) is 34.2 Å². The lowest BCUT2D eigenvalue weighted by atomic mass is 10.1. The summed E-state index contributed by atoms with van der Waals surface area (Å²) in [5.41, 5.74) is 0.501. The SMILES string of the molecule is COc1ccc(-c2nc3ccc(C(F)(F)F)cc3[nH]2)c(OC)c1OC. The lowest BCUT2D eigenvalue weighted by Crippen LogP contribution is -2.04. The number of halogens is 3. The molecule has 0 unspecified atom stereocenters. The Kier molecular flexibility index (Phi) is 4.20. The van der Waals surface area contributed by atoms with Gasteiger partial charge in [0.05, 0.1) is 43.5 Å². The van der Waals surface area contributed by atoms with Gasteiger partial charge in [-0.05, 0) is 30.3 Å². The maximum Gasteiger partial charge on any atom is 0.416 e. The molecule has 0 radical (unpaired) electrons. The second-order valence-electron chi connectivity index (χ2n) is 5.20. The molecule has 0 aliphatic heterocycles. The molecule has 0 amide bonds. The summed E-state index contributed by atoms with van der Waals surface area (Å²) in [7, 11) is 4.43. The number of aromatic nitrogens is 2. The molecule has 8 heteroatoms. The predicted octanol–water partition coefficient (Wildman–Crippen LogP) is 4.27. The van der Waals surface area contributed by atoms with Gasteiger partial charge in [0.15, 0.2) is 11.5 Å². The zero-order chi connectivity index (χ0) is 18.2. The summed E-state index contributed by atoms with van der Waals surface area (Å²) in [6.07, 6.45) is -4.42. The Morgan fingerprint density at radius 3 is 2.24 bits per heavy atom. The molecular weight excluding hydrogens is 337 g/mol. The lowest BCUT2D eigenvalue weighted by molar-refractivity contribution is -0.137. The van der Waals surface area contributed by atoms with Crippen molar-refractivity contribution in [3.63, 3.8) is 0 Å². The average Bonchev–Trinajstić information content (AvgIpc) is 3.02. The highest BCUT2D eigenvalue weighted by atomic mass is 19.4. The third-order valence-corrected chi connectivity index (χ3v) is 3.77. The summed E-state index contributed by atoms with van der Waals surface area (Å²) in [6.45, 7) is 0. The normalized spacial score (nSPS) is 11.6. The second kappa shape index (κ2) is 6.19. The van der Waals surface area contributed by atoms with E-state index in [1.165, 1.54) is 27.4 Å². The number of hydrogen-bond donors (Lipinski definition) is 1. The summed E-state index contributed by atoms with van der Waals surface area (Å²) in [6, 6.07) is 6.72. The number of ether oxygens (including phenoxy) is 3. The van der Waals surface area contributed by atoms with Gasteiger partial charge >= 0.3 is 6.18 Å². The number of hydrogen-bond acceptors (Lipinski definition) is 4. The first-order chi connectivity index (χ1) is 11.9. The molecular formula is C17H15F3N2O3. The van der Waals surface area contributed by atoms with E-state index >= 15 is 0 Å². The summed E-state index contributed by atoms with van der Waals surface area (Å²) >= 11 is 0. The minimum Gasteiger partial charge on any atom is -0.493 e. The average molecular weight is 352 g/mol. The van der Waals surface area contributed by atoms with Crippen molar-refractivity contribution in [3.8, 4) is 28.6 Å². The Balaban J connectivity index is 2.16. The number of fused-ring (bicyclic) bond motifs is 1. The number of methoxy groups -OCH3 is 3. The van der Waals surface area contributed by atoms with Crippen LogP contribution in [0.5, 0.6) is 17.2 Å². The molecule has 2 aromatic carbocycles. The minimum absolute atomic E-state index is 0.279. The highest BCUT2D eigenvalue weighted by molar-refractivity contribution is 5.82. The molecule has 132 valence electrons. The Morgan fingerprint density at radius 2 is 1.64 bits per heavy atom. The highest BCUT2D eigenvalue weighted by Gasteiger charge is 2.31. The molecule has 0 bridgehead atoms. The molecule has 1 aromatic heterocycles. The van der Waals surface area contributed by atoms with E-state index in [9.17, 15) is 13.2 Å². The van der Waals surface area contributed by atoms with Gasteiger partial charge in [-0.2, -0.15) is 13.2 Å². The topological polar surface area (TPSA) is 56.4 Å². The van der Waals surface area contributed by atoms with E-state index < -0.39 is 11.7 Å². The second-order valence-corrected chi connectivity index (χ2v) is 5.20. The quantitative estimate of drug-likeness (QED) is 0.762. The molecule has 25 heavy (non-hydrogen) atoms. The van der Waals surface area contributed by atoms with Crippen LogP contribution in [0.1, 0.15) is 5.56 Å². The fourth-order valence-corrected chi connectivity index (χ4v) is 2.60. The molecule has 0 saturated carbocycles. The molecule has 1 N–H and O–H groups in total. The zero-order valence-corrected chi connectivity index (χ0v) is 13.7. The minimum atomic E-state index is -4.42. The van der Waals surface area contributed by atoms with Crippen LogP contribution < -0.4 is 14.2 Å². The number of rotatable bonds is 4. The van der Waals surface area contributed by atoms with Crippen LogP contribution in [0, 0.1) is 0 Å². The van der Waals surface area contributed by atoms with Crippen LogP contribution in [0.2, 0.25) is 0 Å². The van der Waals surface area contributed by atoms with Crippen molar-refractivity contribution in [3.05, 3.63) is 35.9 Å². The van der Waals surface area contributed by atoms with Gasteiger partial charge in [0.25, 0.3) is 0 Å². The van der Waals surface area contributed by atoms with Gasteiger partial charge in [-0.3, -0.25) is 0 Å². The van der Waals surface area contributed by atoms with Crippen molar-refractivity contribution >= 4 is 11.0 Å². The van der Waals surface area contributed by atoms with Gasteiger partial charge in [-0.1, -0.05) is 0 Å². The summed E-state index contributed by atoms with van der Waals surface area (Å²) in [5.74, 6) is 1.58. The fraction of sp³-hybridized carbons (Fsp3) is 0.235. The molecule has 5 nitrogen and oxygen atoms in total. The maximum atomic E-state index is 12.9. The van der Waals surface area contributed by atoms with Gasteiger partial charge in [0.2, 0.25) is 5.75 Å². The monoisotopic (exact) mass is 352 g/mol. The van der Waals surface area contributed by atoms with Crippen LogP contribution in [0.25, 0.3) is 22.4 Å². The molecule has 3 rings (SSSR count). The molecule has 0 aliphatic carbocycles. The van der Waals surface area contributed by atoms with Gasteiger partial charge in [0.1, 0.15) is 5.82 Å². The van der Waals surface area contributed by atoms with Gasteiger partial charge in [-0.15, -0.1) is 0 Å². The number of nitrogens with one attached hydrogen (secondary N) is 1. The Morgan fingerprint density at radius 1 is 0.920 bits per heavy atom. The first kappa shape index (κ1) is 16.9. The summed E-state index contributed by atoms with van der Waals surface area (Å²) < 4.78 is 54.5. The molecule has 0 atom stereocenters. The maximum absolute atomic E-state index is 12.9. The van der Waals surface area contributed by atoms with E-state index in [1.807, 2.05) is 0 Å². The number of alkyl halides is 3. The van der Waals surface area contributed by atoms with E-state index in [1.54, 1.807) is 12.1 Å². The fourth-order valence-electron chi connectivity index (χ4n) is 2.60. The number of H-pyrrole nitrogens is 1. The lowest BCUT2D eigenvalue weighted by Gasteiger charge is -2.14. The van der Waals surface area contributed by atoms with Crippen molar-refractivity contribution in [2.75, 3.05) is 21.3 Å². The standard InChI is InChI=1S/C17H15F3N2O3/c1-23-13-7-5-10(14(24-2)15(13)25-3)16-21-11-6-4-9(17(18,19)20)8-12(11)22-16/h4-8H,1-3H3,(H,21,22). The Bertz CT molecular complexity index is 919. The first-order valence-corrected chi connectivity index (χ1v) is 7.25. The van der Waals surface area contributed by atoms with E-state index in [0.717, 1.165) is 12.1 Å². The smallest absolute Gasteiger partial charge is 0.416 e. The van der Waals surface area contributed by atoms with Crippen LogP contribution in [0.15, 0.2) is 30.3 Å². The number of benzene rings is 2. The third kappa shape index (κ3) is 2.95. The van der Waals surface area contributed by atoms with E-state index in [-0.39, 0.29) is 5.52 Å². The van der Waals surface area contributed by atoms with Crippen molar-refractivity contribution in [1.29, 1.82) is 0 Å². The summed E-state index contributed by atoms with van der Waals surface area (Å²) in [4.78, 5) is 7.25. The molecule has 1 heterocycles. The van der Waals surface area contributed by atoms with E-state index in [2.05, 4.69) is 9.97 Å². The van der Waals surface area contributed by atoms with Crippen molar-refractivity contribution in [2.45, 2.75) is 6.18 Å². The van der Waals surface area contributed by atoms with Crippen molar-refractivity contribution in [1.82, 2.24) is 9.97 Å². The van der Waals surface area contributed by atoms with Crippen molar-refractivity contribution < 1.29 is 27.4 Å². The van der Waals surface area contributed by atoms with Crippen LogP contribution >= 0.6 is 0 Å². The molecule has 3 aromatic rings. The largest absolute Gasteiger partial charge is 0.493 e. The van der Waals surface area contributed by atoms with Crippen LogP contribution in [0.3, 0.4) is 0 Å². The predicted molar refractivity (Wildman–Crippen MR) is 86.2 cm³/mol. The first-order valence-electron chi connectivity index (χ1n) is 7.25. The molecule has 0 aliphatic rings. The Hall–Kier alpha value is -2.90. The van der Waals surface area contributed by atoms with Crippen LogP contribution in [0.4, 0.5) is 13.2 Å². The van der Waals surface area contributed by atoms with E-state index in [4.69, 9.17) is 14.2 Å². The van der Waals surface area contributed by atoms with Crippen molar-refractivity contribution in [2.24, 2.45) is 0 Å². The molecule has 0 saturated heterocycles. The zero-order valence-electron chi connectivity index (χ0n) is 13.7. The molecule has 0 fully saturated rings. The Labute approximate surface area is 141 Å². The highest BCUT2D eigenvalue weighted by Crippen LogP contribution is 2.44. The van der Waals surface area contributed by atoms with Gasteiger partial charge in [0, 0.05) is 0 Å². The van der Waals surface area contributed by atoms with Gasteiger partial charge in [-0.25, -0.2) is 4.98 Å². The third-order valence-electron chi connectivity index (χ3n) is 3.77. The van der Waals surface area contributed by atoms with Crippen LogP contribution in [-0.2, 0) is 6.18 Å². The van der Waals surface area contributed by atoms with Crippen LogP contribution in [-0.4, -0.2) is 31.3 Å². The van der Waals surface area contributed by atoms with Gasteiger partial charge < -0.3 is 19.2 Å². The number of aromatic amines is 1. The summed E-state index contributed by atoms with van der Waals surface area (Å²) in [5, 5.41) is 0.